The number of aromatic nitrogens is 3. The van der Waals surface area contributed by atoms with Gasteiger partial charge < -0.3 is 15.2 Å². The number of aliphatic imine (C=N–C) groups is 1. The Bertz CT molecular complexity index is 851. The van der Waals surface area contributed by atoms with Crippen LogP contribution in [0.3, 0.4) is 0 Å². The second kappa shape index (κ2) is 10.1. The first-order valence-corrected chi connectivity index (χ1v) is 10.9. The summed E-state index contributed by atoms with van der Waals surface area (Å²) in [5.41, 5.74) is 0. The molecule has 2 bridgehead atoms. The Labute approximate surface area is 200 Å². The predicted molar refractivity (Wildman–Crippen MR) is 128 cm³/mol. The molecule has 1 saturated carbocycles. The largest absolute Gasteiger partial charge is 0.356 e. The van der Waals surface area contributed by atoms with Crippen LogP contribution in [0.5, 0.6) is 0 Å². The van der Waals surface area contributed by atoms with E-state index in [1.165, 1.54) is 4.90 Å². The molecule has 2 aliphatic carbocycles. The molecule has 9 nitrogen and oxygen atoms in total. The van der Waals surface area contributed by atoms with Gasteiger partial charge in [0.2, 0.25) is 11.8 Å². The Morgan fingerprint density at radius 1 is 1.13 bits per heavy atom. The van der Waals surface area contributed by atoms with E-state index in [9.17, 15) is 9.59 Å². The molecule has 0 spiro atoms. The maximum atomic E-state index is 12.8. The lowest BCUT2D eigenvalue weighted by molar-refractivity contribution is -0.140. The van der Waals surface area contributed by atoms with Gasteiger partial charge in [0, 0.05) is 26.7 Å². The minimum atomic E-state index is -0.137. The fourth-order valence-electron chi connectivity index (χ4n) is 4.77. The van der Waals surface area contributed by atoms with Crippen LogP contribution in [0.25, 0.3) is 0 Å². The van der Waals surface area contributed by atoms with Gasteiger partial charge in [-0.25, -0.2) is 4.99 Å². The molecule has 2 fully saturated rings. The highest BCUT2D eigenvalue weighted by molar-refractivity contribution is 14.0. The van der Waals surface area contributed by atoms with Crippen molar-refractivity contribution in [1.82, 2.24) is 30.3 Å². The number of carbonyl (C=O) groups is 2. The summed E-state index contributed by atoms with van der Waals surface area (Å²) in [4.78, 5) is 31.7. The summed E-state index contributed by atoms with van der Waals surface area (Å²) in [6, 6.07) is 0. The number of nitrogens with zero attached hydrogens (tertiary/aromatic N) is 5. The van der Waals surface area contributed by atoms with Gasteiger partial charge in [-0.3, -0.25) is 14.5 Å². The molecule has 1 aliphatic heterocycles. The smallest absolute Gasteiger partial charge is 0.233 e. The minimum absolute atomic E-state index is 0. The number of amides is 2. The average molecular weight is 541 g/mol. The van der Waals surface area contributed by atoms with Gasteiger partial charge in [0.15, 0.2) is 11.8 Å². The van der Waals surface area contributed by atoms with Gasteiger partial charge in [0.1, 0.15) is 12.4 Å². The van der Waals surface area contributed by atoms with E-state index in [-0.39, 0.29) is 59.5 Å². The molecule has 10 heteroatoms. The van der Waals surface area contributed by atoms with Crippen molar-refractivity contribution < 1.29 is 9.59 Å². The molecule has 2 amide bonds. The van der Waals surface area contributed by atoms with Crippen LogP contribution in [0.15, 0.2) is 17.1 Å². The molecule has 31 heavy (non-hydrogen) atoms. The molecule has 2 N–H and O–H groups in total. The predicted octanol–water partition coefficient (Wildman–Crippen LogP) is 1.38. The third kappa shape index (κ3) is 4.63. The molecule has 0 radical (unpaired) electrons. The number of fused-ring (bicyclic) bond motifs is 5. The van der Waals surface area contributed by atoms with Gasteiger partial charge in [-0.05, 0) is 31.6 Å². The van der Waals surface area contributed by atoms with Crippen molar-refractivity contribution in [2.75, 3.05) is 19.6 Å². The fraction of sp³-hybridized carbons (Fsp3) is 0.667. The van der Waals surface area contributed by atoms with E-state index in [4.69, 9.17) is 0 Å². The Morgan fingerprint density at radius 3 is 2.35 bits per heavy atom. The first kappa shape index (κ1) is 23.7. The number of hydrogen-bond donors (Lipinski definition) is 2. The molecule has 4 unspecified atom stereocenters. The fourth-order valence-corrected chi connectivity index (χ4v) is 4.77. The topological polar surface area (TPSA) is 105 Å². The number of unbranched alkanes of at least 4 members (excludes halogenated alkanes) is 1. The number of guanidine groups is 1. The third-order valence-corrected chi connectivity index (χ3v) is 6.57. The first-order chi connectivity index (χ1) is 14.5. The van der Waals surface area contributed by atoms with Crippen LogP contribution in [0.2, 0.25) is 0 Å². The molecule has 0 aromatic carbocycles. The molecule has 2 heterocycles. The molecule has 3 aliphatic rings. The normalized spacial score (nSPS) is 26.4. The Hall–Kier alpha value is -1.98. The maximum absolute atomic E-state index is 12.8. The molecular weight excluding hydrogens is 509 g/mol. The molecule has 1 aromatic heterocycles. The number of carbonyl (C=O) groups excluding carboxylic acids is 2. The van der Waals surface area contributed by atoms with Crippen molar-refractivity contribution in [3.63, 3.8) is 0 Å². The zero-order valence-electron chi connectivity index (χ0n) is 18.4. The van der Waals surface area contributed by atoms with E-state index in [0.29, 0.717) is 25.6 Å². The van der Waals surface area contributed by atoms with Crippen LogP contribution in [-0.4, -0.2) is 57.1 Å². The molecule has 1 aromatic rings. The standard InChI is InChI=1S/C21H31N7O2.HI/c1-4-5-8-22-21(24-12-16-26-25-13(2)27(16)3)23-9-10-28-19(29)17-14-6-7-15(11-14)18(17)20(28)30;/h6-7,14-15,17-18H,4-5,8-12H2,1-3H3,(H2,22,23,24);1H. The summed E-state index contributed by atoms with van der Waals surface area (Å²) in [6.45, 7) is 6.08. The highest BCUT2D eigenvalue weighted by atomic mass is 127. The van der Waals surface area contributed by atoms with Crippen LogP contribution >= 0.6 is 24.0 Å². The number of nitrogens with one attached hydrogen (secondary N) is 2. The van der Waals surface area contributed by atoms with Crippen molar-refractivity contribution in [1.29, 1.82) is 0 Å². The molecule has 1 saturated heterocycles. The van der Waals surface area contributed by atoms with E-state index < -0.39 is 0 Å². The van der Waals surface area contributed by atoms with E-state index in [1.807, 2.05) is 18.5 Å². The van der Waals surface area contributed by atoms with Crippen molar-refractivity contribution in [2.24, 2.45) is 35.7 Å². The van der Waals surface area contributed by atoms with Gasteiger partial charge in [-0.2, -0.15) is 0 Å². The van der Waals surface area contributed by atoms with E-state index in [1.54, 1.807) is 0 Å². The van der Waals surface area contributed by atoms with Crippen LogP contribution in [0.1, 0.15) is 37.8 Å². The number of rotatable bonds is 8. The molecule has 170 valence electrons. The number of allylic oxidation sites excluding steroid dienone is 2. The lowest BCUT2D eigenvalue weighted by atomic mass is 9.85. The molecular formula is C21H32IN7O2. The van der Waals surface area contributed by atoms with Crippen LogP contribution in [0, 0.1) is 30.6 Å². The zero-order chi connectivity index (χ0) is 21.3. The van der Waals surface area contributed by atoms with Gasteiger partial charge in [0.25, 0.3) is 0 Å². The quantitative estimate of drug-likeness (QED) is 0.129. The number of imide groups is 1. The SMILES string of the molecule is CCCCNC(=NCc1nnc(C)n1C)NCCN1C(=O)C2C3C=CC(C3)C2C1=O.I. The minimum Gasteiger partial charge on any atom is -0.356 e. The second-order valence-electron chi connectivity index (χ2n) is 8.42. The van der Waals surface area contributed by atoms with Gasteiger partial charge in [-0.15, -0.1) is 34.2 Å². The van der Waals surface area contributed by atoms with Crippen LogP contribution in [0.4, 0.5) is 0 Å². The van der Waals surface area contributed by atoms with E-state index in [2.05, 4.69) is 44.9 Å². The Kier molecular flexibility index (Phi) is 7.71. The maximum Gasteiger partial charge on any atom is 0.233 e. The van der Waals surface area contributed by atoms with E-state index >= 15 is 0 Å². The number of halogens is 1. The Morgan fingerprint density at radius 2 is 1.77 bits per heavy atom. The van der Waals surface area contributed by atoms with Gasteiger partial charge >= 0.3 is 0 Å². The summed E-state index contributed by atoms with van der Waals surface area (Å²) in [6.07, 6.45) is 7.31. The summed E-state index contributed by atoms with van der Waals surface area (Å²) in [7, 11) is 1.92. The monoisotopic (exact) mass is 541 g/mol. The number of likely N-dealkylation sites (tertiary alicyclic amines) is 1. The van der Waals surface area contributed by atoms with Crippen LogP contribution < -0.4 is 10.6 Å². The lowest BCUT2D eigenvalue weighted by Crippen LogP contribution is -2.44. The van der Waals surface area contributed by atoms with Crippen molar-refractivity contribution >= 4 is 41.8 Å². The number of aryl methyl sites for hydroxylation is 1. The van der Waals surface area contributed by atoms with E-state index in [0.717, 1.165) is 37.5 Å². The summed E-state index contributed by atoms with van der Waals surface area (Å²) in [5, 5.41) is 14.8. The summed E-state index contributed by atoms with van der Waals surface area (Å²) >= 11 is 0. The second-order valence-corrected chi connectivity index (χ2v) is 8.42. The molecule has 4 rings (SSSR count). The summed E-state index contributed by atoms with van der Waals surface area (Å²) in [5.74, 6) is 2.49. The van der Waals surface area contributed by atoms with Crippen LogP contribution in [-0.2, 0) is 23.2 Å². The average Bonchev–Trinajstić information content (AvgIpc) is 3.48. The van der Waals surface area contributed by atoms with Crippen molar-refractivity contribution in [3.05, 3.63) is 23.8 Å². The van der Waals surface area contributed by atoms with Gasteiger partial charge in [-0.1, -0.05) is 25.5 Å². The Balaban J connectivity index is 0.00000272. The number of hydrogen-bond acceptors (Lipinski definition) is 5. The summed E-state index contributed by atoms with van der Waals surface area (Å²) < 4.78 is 1.91. The van der Waals surface area contributed by atoms with Gasteiger partial charge in [0.05, 0.1) is 11.8 Å². The van der Waals surface area contributed by atoms with Crippen molar-refractivity contribution in [3.8, 4) is 0 Å². The lowest BCUT2D eigenvalue weighted by Gasteiger charge is -2.19. The highest BCUT2D eigenvalue weighted by Gasteiger charge is 2.58. The first-order valence-electron chi connectivity index (χ1n) is 10.9. The zero-order valence-corrected chi connectivity index (χ0v) is 20.7. The third-order valence-electron chi connectivity index (χ3n) is 6.57. The molecule has 4 atom stereocenters. The van der Waals surface area contributed by atoms with Crippen molar-refractivity contribution in [2.45, 2.75) is 39.7 Å². The highest BCUT2D eigenvalue weighted by Crippen LogP contribution is 2.52.